The van der Waals surface area contributed by atoms with Gasteiger partial charge in [0.1, 0.15) is 5.82 Å². The minimum Gasteiger partial charge on any atom is -0.345 e. The maximum absolute atomic E-state index is 12.7. The predicted octanol–water partition coefficient (Wildman–Crippen LogP) is 3.66. The van der Waals surface area contributed by atoms with Crippen LogP contribution in [-0.2, 0) is 23.2 Å². The second-order valence-electron chi connectivity index (χ2n) is 7.90. The van der Waals surface area contributed by atoms with E-state index in [1.807, 2.05) is 24.3 Å². The fourth-order valence-electron chi connectivity index (χ4n) is 4.08. The van der Waals surface area contributed by atoms with Gasteiger partial charge in [0.05, 0.1) is 0 Å². The van der Waals surface area contributed by atoms with Crippen LogP contribution in [0.4, 0.5) is 0 Å². The van der Waals surface area contributed by atoms with Crippen LogP contribution in [0.25, 0.3) is 0 Å². The Balaban J connectivity index is 1.64. The maximum atomic E-state index is 12.7. The minimum absolute atomic E-state index is 0.0856. The summed E-state index contributed by atoms with van der Waals surface area (Å²) in [7, 11) is 1.94. The van der Waals surface area contributed by atoms with E-state index >= 15 is 0 Å². The first-order valence-corrected chi connectivity index (χ1v) is 9.19. The van der Waals surface area contributed by atoms with E-state index in [0.29, 0.717) is 13.0 Å². The summed E-state index contributed by atoms with van der Waals surface area (Å²) < 4.78 is 2.08. The molecule has 1 atom stereocenters. The number of nitrogens with zero attached hydrogens (tertiary/aromatic N) is 3. The zero-order chi connectivity index (χ0) is 18.1. The predicted molar refractivity (Wildman–Crippen MR) is 100 cm³/mol. The molecule has 1 amide bonds. The Morgan fingerprint density at radius 2 is 1.96 bits per heavy atom. The van der Waals surface area contributed by atoms with Gasteiger partial charge in [-0.3, -0.25) is 4.79 Å². The van der Waals surface area contributed by atoms with Crippen LogP contribution in [0.2, 0.25) is 0 Å². The van der Waals surface area contributed by atoms with Gasteiger partial charge < -0.3 is 9.47 Å². The van der Waals surface area contributed by atoms with Crippen molar-refractivity contribution in [3.05, 3.63) is 54.1 Å². The molecule has 1 unspecified atom stereocenters. The van der Waals surface area contributed by atoms with E-state index in [1.54, 1.807) is 0 Å². The molecule has 4 nitrogen and oxygen atoms in total. The van der Waals surface area contributed by atoms with Gasteiger partial charge in [0.15, 0.2) is 0 Å². The van der Waals surface area contributed by atoms with Crippen molar-refractivity contribution >= 4 is 5.91 Å². The highest BCUT2D eigenvalue weighted by molar-refractivity contribution is 5.76. The first-order chi connectivity index (χ1) is 11.9. The lowest BCUT2D eigenvalue weighted by Crippen LogP contribution is -2.37. The molecule has 1 aliphatic rings. The summed E-state index contributed by atoms with van der Waals surface area (Å²) in [5.41, 5.74) is 1.67. The lowest BCUT2D eigenvalue weighted by Gasteiger charge is -2.28. The Morgan fingerprint density at radius 1 is 1.28 bits per heavy atom. The van der Waals surface area contributed by atoms with E-state index in [4.69, 9.17) is 0 Å². The van der Waals surface area contributed by atoms with Gasteiger partial charge in [-0.25, -0.2) is 4.98 Å². The Bertz CT molecular complexity index is 735. The topological polar surface area (TPSA) is 38.1 Å². The van der Waals surface area contributed by atoms with Crippen LogP contribution in [-0.4, -0.2) is 34.0 Å². The molecule has 0 N–H and O–H groups in total. The first-order valence-electron chi connectivity index (χ1n) is 9.19. The van der Waals surface area contributed by atoms with Crippen molar-refractivity contribution in [1.82, 2.24) is 14.5 Å². The van der Waals surface area contributed by atoms with E-state index in [2.05, 4.69) is 60.7 Å². The van der Waals surface area contributed by atoms with Crippen molar-refractivity contribution in [2.45, 2.75) is 52.0 Å². The molecular weight excluding hydrogens is 310 g/mol. The molecule has 1 saturated carbocycles. The van der Waals surface area contributed by atoms with Gasteiger partial charge in [-0.1, -0.05) is 51.1 Å². The molecule has 0 saturated heterocycles. The molecule has 0 spiro atoms. The van der Waals surface area contributed by atoms with Gasteiger partial charge in [0.2, 0.25) is 5.91 Å². The average Bonchev–Trinajstić information content (AvgIpc) is 2.96. The summed E-state index contributed by atoms with van der Waals surface area (Å²) in [5.74, 6) is 1.24. The van der Waals surface area contributed by atoms with Gasteiger partial charge >= 0.3 is 0 Å². The Labute approximate surface area is 150 Å². The quantitative estimate of drug-likeness (QED) is 0.772. The molecule has 25 heavy (non-hydrogen) atoms. The third-order valence-electron chi connectivity index (χ3n) is 5.86. The number of aromatic nitrogens is 2. The molecule has 0 radical (unpaired) electrons. The summed E-state index contributed by atoms with van der Waals surface area (Å²) in [6, 6.07) is 10.6. The SMILES string of the molecule is CCc1nccn1CCC(=O)N(C)CC1(c2ccccc2)CC1(C)C. The molecule has 3 rings (SSSR count). The van der Waals surface area contributed by atoms with Crippen molar-refractivity contribution in [2.75, 3.05) is 13.6 Å². The number of aryl methyl sites for hydroxylation is 2. The van der Waals surface area contributed by atoms with Crippen molar-refractivity contribution in [1.29, 1.82) is 0 Å². The minimum atomic E-state index is 0.0856. The maximum Gasteiger partial charge on any atom is 0.224 e. The summed E-state index contributed by atoms with van der Waals surface area (Å²) in [6.45, 7) is 8.18. The summed E-state index contributed by atoms with van der Waals surface area (Å²) in [5, 5.41) is 0. The molecule has 4 heteroatoms. The van der Waals surface area contributed by atoms with Crippen molar-refractivity contribution < 1.29 is 4.79 Å². The second-order valence-corrected chi connectivity index (χ2v) is 7.90. The van der Waals surface area contributed by atoms with Gasteiger partial charge in [0.25, 0.3) is 0 Å². The molecule has 1 fully saturated rings. The number of carbonyl (C=O) groups is 1. The summed E-state index contributed by atoms with van der Waals surface area (Å²) in [6.07, 6.45) is 6.31. The Morgan fingerprint density at radius 3 is 2.56 bits per heavy atom. The van der Waals surface area contributed by atoms with Crippen LogP contribution >= 0.6 is 0 Å². The van der Waals surface area contributed by atoms with Crippen molar-refractivity contribution in [3.8, 4) is 0 Å². The van der Waals surface area contributed by atoms with Crippen LogP contribution < -0.4 is 0 Å². The lowest BCUT2D eigenvalue weighted by molar-refractivity contribution is -0.130. The summed E-state index contributed by atoms with van der Waals surface area (Å²) in [4.78, 5) is 18.9. The van der Waals surface area contributed by atoms with Crippen LogP contribution in [0.3, 0.4) is 0 Å². The van der Waals surface area contributed by atoms with Crippen molar-refractivity contribution in [2.24, 2.45) is 5.41 Å². The highest BCUT2D eigenvalue weighted by Gasteiger charge is 2.62. The van der Waals surface area contributed by atoms with Crippen LogP contribution in [0, 0.1) is 5.41 Å². The lowest BCUT2D eigenvalue weighted by atomic mass is 9.87. The average molecular weight is 339 g/mol. The zero-order valence-corrected chi connectivity index (χ0v) is 15.8. The number of imidazole rings is 1. The number of likely N-dealkylation sites (N-methyl/N-ethyl adjacent to an activating group) is 1. The Kier molecular flexibility index (Phi) is 4.72. The summed E-state index contributed by atoms with van der Waals surface area (Å²) >= 11 is 0. The van der Waals surface area contributed by atoms with Crippen molar-refractivity contribution in [3.63, 3.8) is 0 Å². The standard InChI is InChI=1S/C21H29N3O/c1-5-18-22-12-14-24(18)13-11-19(25)23(4)16-21(15-20(21,2)3)17-9-7-6-8-10-17/h6-10,12,14H,5,11,13,15-16H2,1-4H3. The molecule has 2 aromatic rings. The van der Waals surface area contributed by atoms with Gasteiger partial charge in [-0.05, 0) is 17.4 Å². The fourth-order valence-corrected chi connectivity index (χ4v) is 4.08. The monoisotopic (exact) mass is 339 g/mol. The number of rotatable bonds is 7. The number of carbonyl (C=O) groups excluding carboxylic acids is 1. The van der Waals surface area contributed by atoms with E-state index in [1.165, 1.54) is 5.56 Å². The number of hydrogen-bond acceptors (Lipinski definition) is 2. The highest BCUT2D eigenvalue weighted by atomic mass is 16.2. The van der Waals surface area contributed by atoms with Crippen LogP contribution in [0.1, 0.15) is 45.0 Å². The molecule has 1 aromatic carbocycles. The number of amides is 1. The highest BCUT2D eigenvalue weighted by Crippen LogP contribution is 2.64. The normalized spacial score (nSPS) is 21.1. The third kappa shape index (κ3) is 3.35. The van der Waals surface area contributed by atoms with Gasteiger partial charge in [-0.15, -0.1) is 0 Å². The molecule has 0 aliphatic heterocycles. The largest absolute Gasteiger partial charge is 0.345 e. The smallest absolute Gasteiger partial charge is 0.224 e. The molecule has 1 heterocycles. The van der Waals surface area contributed by atoms with Crippen LogP contribution in [0.5, 0.6) is 0 Å². The molecule has 134 valence electrons. The third-order valence-corrected chi connectivity index (χ3v) is 5.86. The first kappa shape index (κ1) is 17.7. The molecule has 0 bridgehead atoms. The molecule has 1 aromatic heterocycles. The van der Waals surface area contributed by atoms with Gasteiger partial charge in [-0.2, -0.15) is 0 Å². The van der Waals surface area contributed by atoms with E-state index in [-0.39, 0.29) is 16.7 Å². The molecule has 1 aliphatic carbocycles. The second kappa shape index (κ2) is 6.66. The van der Waals surface area contributed by atoms with Gasteiger partial charge in [0, 0.05) is 50.8 Å². The zero-order valence-electron chi connectivity index (χ0n) is 15.8. The number of hydrogen-bond donors (Lipinski definition) is 0. The molecular formula is C21H29N3O. The Hall–Kier alpha value is -2.10. The van der Waals surface area contributed by atoms with Crippen LogP contribution in [0.15, 0.2) is 42.7 Å². The fraction of sp³-hybridized carbons (Fsp3) is 0.524. The van der Waals surface area contributed by atoms with E-state index in [9.17, 15) is 4.79 Å². The van der Waals surface area contributed by atoms with E-state index in [0.717, 1.165) is 25.2 Å². The number of benzene rings is 1. The van der Waals surface area contributed by atoms with E-state index < -0.39 is 0 Å².